The quantitative estimate of drug-likeness (QED) is 0.803. The van der Waals surface area contributed by atoms with Crippen LogP contribution >= 0.6 is 0 Å². The molecular weight excluding hydrogens is 281 g/mol. The van der Waals surface area contributed by atoms with Crippen molar-refractivity contribution in [2.75, 3.05) is 5.32 Å². The van der Waals surface area contributed by atoms with Gasteiger partial charge in [0.1, 0.15) is 11.6 Å². The minimum absolute atomic E-state index is 0.264. The first kappa shape index (κ1) is 14.0. The lowest BCUT2D eigenvalue weighted by molar-refractivity contribution is 0.102. The third kappa shape index (κ3) is 2.74. The number of amides is 1. The minimum atomic E-state index is -0.444. The van der Waals surface area contributed by atoms with Crippen molar-refractivity contribution in [3.63, 3.8) is 0 Å². The summed E-state index contributed by atoms with van der Waals surface area (Å²) in [6.45, 7) is 1.85. The molecule has 3 aromatic rings. The number of carbonyl (C=O) groups is 1. The molecule has 4 nitrogen and oxygen atoms in total. The molecule has 1 aromatic heterocycles. The Balaban J connectivity index is 1.93. The van der Waals surface area contributed by atoms with Crippen molar-refractivity contribution in [2.24, 2.45) is 0 Å². The number of aromatic nitrogens is 2. The van der Waals surface area contributed by atoms with Crippen molar-refractivity contribution < 1.29 is 9.18 Å². The third-order valence-corrected chi connectivity index (χ3v) is 3.27. The Hall–Kier alpha value is -2.95. The molecule has 0 radical (unpaired) electrons. The van der Waals surface area contributed by atoms with Crippen molar-refractivity contribution in [3.8, 4) is 5.69 Å². The fraction of sp³-hybridized carbons (Fsp3) is 0.0588. The number of hydrogen-bond donors (Lipinski definition) is 1. The predicted molar refractivity (Wildman–Crippen MR) is 82.7 cm³/mol. The second-order valence-corrected chi connectivity index (χ2v) is 4.89. The van der Waals surface area contributed by atoms with E-state index < -0.39 is 5.82 Å². The highest BCUT2D eigenvalue weighted by Crippen LogP contribution is 2.20. The normalized spacial score (nSPS) is 10.5. The van der Waals surface area contributed by atoms with E-state index in [4.69, 9.17) is 0 Å². The summed E-state index contributed by atoms with van der Waals surface area (Å²) in [5.74, 6) is -0.248. The van der Waals surface area contributed by atoms with E-state index >= 15 is 0 Å². The van der Waals surface area contributed by atoms with Gasteiger partial charge in [-0.2, -0.15) is 5.10 Å². The van der Waals surface area contributed by atoms with Crippen LogP contribution in [-0.4, -0.2) is 15.7 Å². The van der Waals surface area contributed by atoms with E-state index in [0.717, 1.165) is 11.3 Å². The number of para-hydroxylation sites is 1. The van der Waals surface area contributed by atoms with E-state index in [0.29, 0.717) is 5.82 Å². The number of halogens is 1. The average Bonchev–Trinajstić information content (AvgIpc) is 2.89. The van der Waals surface area contributed by atoms with Gasteiger partial charge in [-0.3, -0.25) is 4.79 Å². The van der Waals surface area contributed by atoms with Gasteiger partial charge >= 0.3 is 0 Å². The summed E-state index contributed by atoms with van der Waals surface area (Å²) in [6.07, 6.45) is 1.67. The van der Waals surface area contributed by atoms with Crippen LogP contribution in [0.15, 0.2) is 60.8 Å². The summed E-state index contributed by atoms with van der Waals surface area (Å²) in [7, 11) is 0. The number of anilines is 1. The fourth-order valence-electron chi connectivity index (χ4n) is 2.16. The van der Waals surface area contributed by atoms with Crippen LogP contribution in [0.3, 0.4) is 0 Å². The number of aryl methyl sites for hydroxylation is 1. The smallest absolute Gasteiger partial charge is 0.256 e. The van der Waals surface area contributed by atoms with Gasteiger partial charge in [0.2, 0.25) is 0 Å². The van der Waals surface area contributed by atoms with Crippen molar-refractivity contribution in [3.05, 3.63) is 77.7 Å². The number of carbonyl (C=O) groups excluding carboxylic acids is 1. The molecule has 0 bridgehead atoms. The van der Waals surface area contributed by atoms with E-state index in [9.17, 15) is 9.18 Å². The standard InChI is InChI=1S/C17H14FN3O/c1-12-11-19-21(15-8-3-2-4-9-15)16(12)20-17(22)13-6-5-7-14(18)10-13/h2-11H,1H3,(H,20,22). The van der Waals surface area contributed by atoms with E-state index in [1.807, 2.05) is 37.3 Å². The molecule has 0 spiro atoms. The molecule has 1 N–H and O–H groups in total. The Morgan fingerprint density at radius 2 is 1.91 bits per heavy atom. The molecule has 0 saturated carbocycles. The van der Waals surface area contributed by atoms with Gasteiger partial charge in [-0.1, -0.05) is 24.3 Å². The Labute approximate surface area is 127 Å². The number of nitrogens with zero attached hydrogens (tertiary/aromatic N) is 2. The average molecular weight is 295 g/mol. The van der Waals surface area contributed by atoms with Gasteiger partial charge in [0.25, 0.3) is 5.91 Å². The SMILES string of the molecule is Cc1cnn(-c2ccccc2)c1NC(=O)c1cccc(F)c1. The molecule has 0 aliphatic heterocycles. The minimum Gasteiger partial charge on any atom is -0.306 e. The summed E-state index contributed by atoms with van der Waals surface area (Å²) in [6, 6.07) is 15.1. The van der Waals surface area contributed by atoms with Crippen LogP contribution in [0.2, 0.25) is 0 Å². The number of rotatable bonds is 3. The van der Waals surface area contributed by atoms with E-state index in [1.54, 1.807) is 16.9 Å². The lowest BCUT2D eigenvalue weighted by atomic mass is 10.2. The zero-order valence-corrected chi connectivity index (χ0v) is 12.0. The highest BCUT2D eigenvalue weighted by Gasteiger charge is 2.14. The molecule has 0 aliphatic rings. The van der Waals surface area contributed by atoms with Crippen LogP contribution < -0.4 is 5.32 Å². The van der Waals surface area contributed by atoms with Crippen LogP contribution in [0.5, 0.6) is 0 Å². The van der Waals surface area contributed by atoms with Gasteiger partial charge in [-0.25, -0.2) is 9.07 Å². The van der Waals surface area contributed by atoms with E-state index in [-0.39, 0.29) is 11.5 Å². The molecule has 1 amide bonds. The van der Waals surface area contributed by atoms with Crippen molar-refractivity contribution in [2.45, 2.75) is 6.92 Å². The molecule has 0 atom stereocenters. The largest absolute Gasteiger partial charge is 0.306 e. The fourth-order valence-corrected chi connectivity index (χ4v) is 2.16. The molecule has 1 heterocycles. The zero-order valence-electron chi connectivity index (χ0n) is 12.0. The Morgan fingerprint density at radius 3 is 2.64 bits per heavy atom. The maximum Gasteiger partial charge on any atom is 0.256 e. The van der Waals surface area contributed by atoms with Gasteiger partial charge in [-0.05, 0) is 37.3 Å². The number of benzene rings is 2. The Kier molecular flexibility index (Phi) is 3.70. The van der Waals surface area contributed by atoms with Gasteiger partial charge in [0.15, 0.2) is 0 Å². The van der Waals surface area contributed by atoms with Crippen LogP contribution in [-0.2, 0) is 0 Å². The monoisotopic (exact) mass is 295 g/mol. The molecule has 0 saturated heterocycles. The van der Waals surface area contributed by atoms with Crippen LogP contribution in [0.25, 0.3) is 5.69 Å². The zero-order chi connectivity index (χ0) is 15.5. The van der Waals surface area contributed by atoms with E-state index in [1.165, 1.54) is 18.2 Å². The maximum atomic E-state index is 13.2. The molecule has 2 aromatic carbocycles. The molecule has 0 unspecified atom stereocenters. The molecule has 0 aliphatic carbocycles. The molecule has 3 rings (SSSR count). The van der Waals surface area contributed by atoms with Crippen molar-refractivity contribution >= 4 is 11.7 Å². The van der Waals surface area contributed by atoms with Gasteiger partial charge in [0.05, 0.1) is 11.9 Å². The summed E-state index contributed by atoms with van der Waals surface area (Å²) in [5, 5.41) is 7.07. The van der Waals surface area contributed by atoms with Gasteiger partial charge < -0.3 is 5.32 Å². The molecule has 5 heteroatoms. The number of nitrogens with one attached hydrogen (secondary N) is 1. The Morgan fingerprint density at radius 1 is 1.14 bits per heavy atom. The summed E-state index contributed by atoms with van der Waals surface area (Å²) < 4.78 is 14.9. The molecule has 110 valence electrons. The topological polar surface area (TPSA) is 46.9 Å². The van der Waals surface area contributed by atoms with Crippen LogP contribution in [0.4, 0.5) is 10.2 Å². The summed E-state index contributed by atoms with van der Waals surface area (Å²) in [5.41, 5.74) is 1.93. The lowest BCUT2D eigenvalue weighted by Crippen LogP contribution is -2.16. The second kappa shape index (κ2) is 5.81. The van der Waals surface area contributed by atoms with E-state index in [2.05, 4.69) is 10.4 Å². The van der Waals surface area contributed by atoms with Crippen LogP contribution in [0, 0.1) is 12.7 Å². The maximum absolute atomic E-state index is 13.2. The summed E-state index contributed by atoms with van der Waals surface area (Å²) >= 11 is 0. The highest BCUT2D eigenvalue weighted by molar-refractivity contribution is 6.04. The first-order chi connectivity index (χ1) is 10.6. The first-order valence-corrected chi connectivity index (χ1v) is 6.82. The molecule has 22 heavy (non-hydrogen) atoms. The van der Waals surface area contributed by atoms with Gasteiger partial charge in [-0.15, -0.1) is 0 Å². The molecular formula is C17H14FN3O. The first-order valence-electron chi connectivity index (χ1n) is 6.82. The predicted octanol–water partition coefficient (Wildman–Crippen LogP) is 3.57. The van der Waals surface area contributed by atoms with Crippen LogP contribution in [0.1, 0.15) is 15.9 Å². The lowest BCUT2D eigenvalue weighted by Gasteiger charge is -2.10. The number of hydrogen-bond acceptors (Lipinski definition) is 2. The van der Waals surface area contributed by atoms with Crippen molar-refractivity contribution in [1.82, 2.24) is 9.78 Å². The highest BCUT2D eigenvalue weighted by atomic mass is 19.1. The Bertz CT molecular complexity index is 812. The van der Waals surface area contributed by atoms with Gasteiger partial charge in [0, 0.05) is 11.1 Å². The molecule has 0 fully saturated rings. The second-order valence-electron chi connectivity index (χ2n) is 4.89. The summed E-state index contributed by atoms with van der Waals surface area (Å²) in [4.78, 5) is 12.3. The third-order valence-electron chi connectivity index (χ3n) is 3.27. The van der Waals surface area contributed by atoms with Crippen molar-refractivity contribution in [1.29, 1.82) is 0 Å².